The van der Waals surface area contributed by atoms with E-state index in [1.165, 1.54) is 10.2 Å². The molecule has 1 unspecified atom stereocenters. The zero-order valence-corrected chi connectivity index (χ0v) is 12.5. The number of rotatable bonds is 6. The van der Waals surface area contributed by atoms with Crippen molar-refractivity contribution >= 4 is 11.6 Å². The molecule has 21 heavy (non-hydrogen) atoms. The van der Waals surface area contributed by atoms with Crippen molar-refractivity contribution in [2.24, 2.45) is 5.73 Å². The Labute approximate surface area is 123 Å². The lowest BCUT2D eigenvalue weighted by Crippen LogP contribution is -2.18. The second-order valence-corrected chi connectivity index (χ2v) is 5.00. The fraction of sp³-hybridized carbons (Fsp3) is 0.333. The summed E-state index contributed by atoms with van der Waals surface area (Å²) in [7, 11) is 1.66. The van der Waals surface area contributed by atoms with Gasteiger partial charge in [0.25, 0.3) is 0 Å². The highest BCUT2D eigenvalue weighted by molar-refractivity contribution is 5.73. The quantitative estimate of drug-likeness (QED) is 0.850. The van der Waals surface area contributed by atoms with Crippen molar-refractivity contribution in [3.8, 4) is 5.75 Å². The van der Waals surface area contributed by atoms with Crippen molar-refractivity contribution in [1.29, 1.82) is 0 Å². The fourth-order valence-corrected chi connectivity index (χ4v) is 2.20. The number of hydrogen-bond acceptors (Lipinski definition) is 4. The van der Waals surface area contributed by atoms with Crippen LogP contribution in [0.3, 0.4) is 0 Å². The number of carbonyl (C=O) groups excluding carboxylic acids is 1. The van der Waals surface area contributed by atoms with Crippen LogP contribution in [0, 0.1) is 6.92 Å². The zero-order valence-electron chi connectivity index (χ0n) is 12.5. The Hall–Kier alpha value is -2.50. The van der Waals surface area contributed by atoms with E-state index < -0.39 is 5.91 Å². The molecule has 6 nitrogen and oxygen atoms in total. The smallest absolute Gasteiger partial charge is 0.239 e. The number of aryl methyl sites for hydroxylation is 1. The molecule has 0 spiro atoms. The minimum Gasteiger partial charge on any atom is -0.496 e. The van der Waals surface area contributed by atoms with Crippen molar-refractivity contribution in [3.63, 3.8) is 0 Å². The highest BCUT2D eigenvalue weighted by Gasteiger charge is 2.12. The minimum atomic E-state index is -0.418. The van der Waals surface area contributed by atoms with E-state index in [9.17, 15) is 4.79 Å². The Bertz CT molecular complexity index is 636. The minimum absolute atomic E-state index is 0.0473. The molecule has 0 radical (unpaired) electrons. The molecule has 1 aromatic carbocycles. The molecule has 0 bridgehead atoms. The monoisotopic (exact) mass is 288 g/mol. The van der Waals surface area contributed by atoms with E-state index >= 15 is 0 Å². The van der Waals surface area contributed by atoms with Gasteiger partial charge in [-0.3, -0.25) is 9.48 Å². The van der Waals surface area contributed by atoms with Crippen LogP contribution >= 0.6 is 0 Å². The molecule has 0 fully saturated rings. The number of amides is 1. The third-order valence-corrected chi connectivity index (χ3v) is 3.19. The molecule has 0 aliphatic heterocycles. The van der Waals surface area contributed by atoms with Crippen molar-refractivity contribution in [2.45, 2.75) is 26.4 Å². The molecular formula is C15H20N4O2. The first kappa shape index (κ1) is 14.9. The van der Waals surface area contributed by atoms with Crippen LogP contribution in [-0.4, -0.2) is 22.8 Å². The molecule has 112 valence electrons. The molecule has 1 atom stereocenters. The third kappa shape index (κ3) is 3.75. The topological polar surface area (TPSA) is 82.2 Å². The first-order valence-corrected chi connectivity index (χ1v) is 6.71. The molecule has 0 saturated heterocycles. The number of nitrogens with one attached hydrogen (secondary N) is 1. The average molecular weight is 288 g/mol. The number of hydrogen-bond donors (Lipinski definition) is 2. The van der Waals surface area contributed by atoms with Crippen molar-refractivity contribution < 1.29 is 9.53 Å². The Morgan fingerprint density at radius 3 is 2.95 bits per heavy atom. The first-order valence-electron chi connectivity index (χ1n) is 6.71. The summed E-state index contributed by atoms with van der Waals surface area (Å²) in [6, 6.07) is 6.11. The van der Waals surface area contributed by atoms with Gasteiger partial charge in [-0.15, -0.1) is 0 Å². The predicted octanol–water partition coefficient (Wildman–Crippen LogP) is 1.86. The van der Waals surface area contributed by atoms with Gasteiger partial charge in [0, 0.05) is 11.8 Å². The van der Waals surface area contributed by atoms with E-state index in [0.29, 0.717) is 0 Å². The molecule has 1 heterocycles. The average Bonchev–Trinajstić information content (AvgIpc) is 2.85. The number of methoxy groups -OCH3 is 1. The van der Waals surface area contributed by atoms with E-state index in [1.807, 2.05) is 26.0 Å². The number of anilines is 1. The number of benzene rings is 1. The zero-order chi connectivity index (χ0) is 15.4. The van der Waals surface area contributed by atoms with Gasteiger partial charge in [-0.05, 0) is 19.9 Å². The summed E-state index contributed by atoms with van der Waals surface area (Å²) in [5, 5.41) is 7.42. The summed E-state index contributed by atoms with van der Waals surface area (Å²) in [4.78, 5) is 10.9. The van der Waals surface area contributed by atoms with E-state index in [2.05, 4.69) is 16.5 Å². The van der Waals surface area contributed by atoms with Crippen LogP contribution in [0.5, 0.6) is 5.75 Å². The van der Waals surface area contributed by atoms with Crippen LogP contribution in [0.25, 0.3) is 0 Å². The van der Waals surface area contributed by atoms with Crippen molar-refractivity contribution in [2.75, 3.05) is 12.4 Å². The second-order valence-electron chi connectivity index (χ2n) is 5.00. The maximum Gasteiger partial charge on any atom is 0.239 e. The summed E-state index contributed by atoms with van der Waals surface area (Å²) >= 11 is 0. The van der Waals surface area contributed by atoms with Gasteiger partial charge in [-0.1, -0.05) is 17.7 Å². The van der Waals surface area contributed by atoms with Crippen LogP contribution in [0.2, 0.25) is 0 Å². The Morgan fingerprint density at radius 1 is 1.52 bits per heavy atom. The maximum absolute atomic E-state index is 10.9. The van der Waals surface area contributed by atoms with E-state index in [4.69, 9.17) is 10.5 Å². The summed E-state index contributed by atoms with van der Waals surface area (Å²) in [5.41, 5.74) is 8.21. The van der Waals surface area contributed by atoms with Gasteiger partial charge in [0.05, 0.1) is 25.0 Å². The number of ether oxygens (including phenoxy) is 1. The van der Waals surface area contributed by atoms with Crippen LogP contribution in [0.1, 0.15) is 24.1 Å². The largest absolute Gasteiger partial charge is 0.496 e. The predicted molar refractivity (Wildman–Crippen MR) is 81.2 cm³/mol. The number of carbonyl (C=O) groups is 1. The lowest BCUT2D eigenvalue weighted by molar-refractivity contribution is -0.118. The van der Waals surface area contributed by atoms with Crippen molar-refractivity contribution in [3.05, 3.63) is 41.7 Å². The van der Waals surface area contributed by atoms with Crippen molar-refractivity contribution in [1.82, 2.24) is 9.78 Å². The Kier molecular flexibility index (Phi) is 4.47. The molecule has 1 amide bonds. The number of nitrogens with zero attached hydrogens (tertiary/aromatic N) is 2. The summed E-state index contributed by atoms with van der Waals surface area (Å²) in [5.74, 6) is 0.420. The summed E-state index contributed by atoms with van der Waals surface area (Å²) < 4.78 is 6.90. The van der Waals surface area contributed by atoms with E-state index in [-0.39, 0.29) is 12.6 Å². The molecule has 2 rings (SSSR count). The van der Waals surface area contributed by atoms with Gasteiger partial charge in [0.15, 0.2) is 0 Å². The standard InChI is InChI=1S/C15H20N4O2/c1-10-4-5-14(21-3)13(6-10)11(2)18-12-7-17-19(8-12)9-15(16)20/h4-8,11,18H,9H2,1-3H3,(H2,16,20). The Morgan fingerprint density at radius 2 is 2.29 bits per heavy atom. The fourth-order valence-electron chi connectivity index (χ4n) is 2.20. The van der Waals surface area contributed by atoms with Crippen LogP contribution in [0.15, 0.2) is 30.6 Å². The van der Waals surface area contributed by atoms with Crippen LogP contribution in [-0.2, 0) is 11.3 Å². The van der Waals surface area contributed by atoms with Gasteiger partial charge in [-0.2, -0.15) is 5.10 Å². The molecule has 1 aromatic heterocycles. The molecule has 0 aliphatic rings. The molecule has 0 saturated carbocycles. The van der Waals surface area contributed by atoms with Gasteiger partial charge in [0.1, 0.15) is 12.3 Å². The number of aromatic nitrogens is 2. The molecular weight excluding hydrogens is 268 g/mol. The lowest BCUT2D eigenvalue weighted by atomic mass is 10.0. The highest BCUT2D eigenvalue weighted by Crippen LogP contribution is 2.28. The molecule has 3 N–H and O–H groups in total. The van der Waals surface area contributed by atoms with E-state index in [0.717, 1.165) is 17.0 Å². The molecule has 2 aromatic rings. The van der Waals surface area contributed by atoms with Crippen LogP contribution in [0.4, 0.5) is 5.69 Å². The normalized spacial score (nSPS) is 12.0. The van der Waals surface area contributed by atoms with Gasteiger partial charge in [-0.25, -0.2) is 0 Å². The first-order chi connectivity index (χ1) is 9.99. The summed E-state index contributed by atoms with van der Waals surface area (Å²) in [6.45, 7) is 4.16. The van der Waals surface area contributed by atoms with E-state index in [1.54, 1.807) is 19.5 Å². The maximum atomic E-state index is 10.9. The van der Waals surface area contributed by atoms with Gasteiger partial charge in [0.2, 0.25) is 5.91 Å². The third-order valence-electron chi connectivity index (χ3n) is 3.19. The SMILES string of the molecule is COc1ccc(C)cc1C(C)Nc1cnn(CC(N)=O)c1. The van der Waals surface area contributed by atoms with Crippen LogP contribution < -0.4 is 15.8 Å². The summed E-state index contributed by atoms with van der Waals surface area (Å²) in [6.07, 6.45) is 3.42. The lowest BCUT2D eigenvalue weighted by Gasteiger charge is -2.18. The molecule has 0 aliphatic carbocycles. The van der Waals surface area contributed by atoms with Gasteiger partial charge >= 0.3 is 0 Å². The Balaban J connectivity index is 2.14. The number of nitrogens with two attached hydrogens (primary N) is 1. The number of primary amides is 1. The van der Waals surface area contributed by atoms with Gasteiger partial charge < -0.3 is 15.8 Å². The second kappa shape index (κ2) is 6.30. The highest BCUT2D eigenvalue weighted by atomic mass is 16.5. The molecule has 6 heteroatoms.